The first-order chi connectivity index (χ1) is 15.4. The smallest absolute Gasteiger partial charge is 0.338 e. The molecule has 0 saturated carbocycles. The fourth-order valence-corrected chi connectivity index (χ4v) is 2.77. The molecule has 2 amide bonds. The third kappa shape index (κ3) is 8.57. The molecule has 0 radical (unpaired) electrons. The van der Waals surface area contributed by atoms with Gasteiger partial charge in [0.25, 0.3) is 11.8 Å². The van der Waals surface area contributed by atoms with Gasteiger partial charge in [-0.25, -0.2) is 5.48 Å². The molecule has 0 fully saturated rings. The third-order valence-electron chi connectivity index (χ3n) is 4.50. The maximum atomic E-state index is 12.4. The van der Waals surface area contributed by atoms with Crippen molar-refractivity contribution in [1.82, 2.24) is 16.1 Å². The summed E-state index contributed by atoms with van der Waals surface area (Å²) in [6, 6.07) is 12.0. The Hall–Kier alpha value is -3.39. The second-order valence-electron chi connectivity index (χ2n) is 7.95. The summed E-state index contributed by atoms with van der Waals surface area (Å²) >= 11 is 0. The van der Waals surface area contributed by atoms with Gasteiger partial charge in [0.2, 0.25) is 0 Å². The minimum absolute atomic E-state index is 0.0961. The van der Waals surface area contributed by atoms with Crippen LogP contribution >= 0.6 is 0 Å². The lowest BCUT2D eigenvalue weighted by atomic mass is 9.95. The summed E-state index contributed by atoms with van der Waals surface area (Å²) in [7, 11) is 0. The van der Waals surface area contributed by atoms with Crippen LogP contribution in [0, 0.1) is 11.8 Å². The van der Waals surface area contributed by atoms with Crippen LogP contribution in [0.1, 0.15) is 40.9 Å². The molecule has 0 spiro atoms. The lowest BCUT2D eigenvalue weighted by molar-refractivity contribution is -0.132. The van der Waals surface area contributed by atoms with Crippen molar-refractivity contribution in [3.8, 4) is 11.8 Å². The SMILES string of the molecule is CC(C)(N)[C@H](NC(=O)c1ccc(C#Cc2ccc(CNCC(F)(F)F)cc2)cc1)C(=O)NO. The standard InChI is InChI=1S/C23H25F3N4O3/c1-22(2,27)19(21(32)30-33)29-20(31)18-11-9-16(10-12-18)4-3-15-5-7-17(8-6-15)13-28-14-23(24,25)26/h5-12,19,28,33H,13-14,27H2,1-2H3,(H,29,31)(H,30,32)/t19-/m1/s1. The van der Waals surface area contributed by atoms with E-state index in [0.717, 1.165) is 0 Å². The van der Waals surface area contributed by atoms with Crippen LogP contribution in [0.25, 0.3) is 0 Å². The molecule has 10 heteroatoms. The average molecular weight is 462 g/mol. The van der Waals surface area contributed by atoms with E-state index in [0.29, 0.717) is 16.7 Å². The summed E-state index contributed by atoms with van der Waals surface area (Å²) in [5, 5.41) is 13.7. The molecule has 0 aliphatic rings. The van der Waals surface area contributed by atoms with Crippen molar-refractivity contribution < 1.29 is 28.0 Å². The molecule has 1 atom stereocenters. The quantitative estimate of drug-likeness (QED) is 0.245. The zero-order valence-corrected chi connectivity index (χ0v) is 18.1. The second-order valence-corrected chi connectivity index (χ2v) is 7.95. The van der Waals surface area contributed by atoms with Crippen LogP contribution in [0.3, 0.4) is 0 Å². The van der Waals surface area contributed by atoms with Gasteiger partial charge in [0, 0.05) is 28.8 Å². The predicted octanol–water partition coefficient (Wildman–Crippen LogP) is 2.08. The van der Waals surface area contributed by atoms with Crippen LogP contribution in [0.15, 0.2) is 48.5 Å². The van der Waals surface area contributed by atoms with E-state index in [1.54, 1.807) is 36.4 Å². The van der Waals surface area contributed by atoms with Crippen LogP contribution in [-0.2, 0) is 11.3 Å². The minimum Gasteiger partial charge on any atom is -0.338 e. The number of hydroxylamine groups is 1. The van der Waals surface area contributed by atoms with E-state index in [1.807, 2.05) is 0 Å². The molecule has 2 aromatic carbocycles. The molecule has 0 aliphatic heterocycles. The molecular formula is C23H25F3N4O3. The Labute approximate surface area is 189 Å². The lowest BCUT2D eigenvalue weighted by Gasteiger charge is -2.29. The summed E-state index contributed by atoms with van der Waals surface area (Å²) in [5.74, 6) is 4.50. The van der Waals surface area contributed by atoms with Crippen molar-refractivity contribution in [2.24, 2.45) is 5.73 Å². The number of amides is 2. The van der Waals surface area contributed by atoms with Crippen LogP contribution in [0.4, 0.5) is 13.2 Å². The number of halogens is 3. The second kappa shape index (κ2) is 11.0. The van der Waals surface area contributed by atoms with Gasteiger partial charge < -0.3 is 16.4 Å². The molecule has 0 heterocycles. The highest BCUT2D eigenvalue weighted by Crippen LogP contribution is 2.13. The zero-order valence-electron chi connectivity index (χ0n) is 18.1. The van der Waals surface area contributed by atoms with E-state index in [4.69, 9.17) is 10.9 Å². The minimum atomic E-state index is -4.25. The average Bonchev–Trinajstić information content (AvgIpc) is 2.75. The van der Waals surface area contributed by atoms with Crippen molar-refractivity contribution in [2.45, 2.75) is 38.1 Å². The number of carbonyl (C=O) groups excluding carboxylic acids is 2. The highest BCUT2D eigenvalue weighted by atomic mass is 19.4. The van der Waals surface area contributed by atoms with Crippen LogP contribution in [-0.4, -0.2) is 41.3 Å². The lowest BCUT2D eigenvalue weighted by Crippen LogP contribution is -2.61. The van der Waals surface area contributed by atoms with E-state index >= 15 is 0 Å². The van der Waals surface area contributed by atoms with Gasteiger partial charge in [-0.3, -0.25) is 14.8 Å². The third-order valence-corrected chi connectivity index (χ3v) is 4.50. The number of nitrogens with one attached hydrogen (secondary N) is 3. The van der Waals surface area contributed by atoms with Crippen LogP contribution in [0.5, 0.6) is 0 Å². The van der Waals surface area contributed by atoms with Crippen molar-refractivity contribution in [1.29, 1.82) is 0 Å². The molecule has 0 unspecified atom stereocenters. The van der Waals surface area contributed by atoms with Gasteiger partial charge >= 0.3 is 6.18 Å². The first-order valence-electron chi connectivity index (χ1n) is 9.91. The number of nitrogens with two attached hydrogens (primary N) is 1. The largest absolute Gasteiger partial charge is 0.401 e. The molecule has 2 rings (SSSR count). The molecule has 0 saturated heterocycles. The Bertz CT molecular complexity index is 1020. The Kier molecular flexibility index (Phi) is 8.59. The van der Waals surface area contributed by atoms with Crippen molar-refractivity contribution in [3.05, 3.63) is 70.8 Å². The Morgan fingerprint density at radius 3 is 1.97 bits per heavy atom. The molecule has 0 aromatic heterocycles. The van der Waals surface area contributed by atoms with Gasteiger partial charge in [-0.2, -0.15) is 13.2 Å². The number of benzene rings is 2. The van der Waals surface area contributed by atoms with Gasteiger partial charge in [0.15, 0.2) is 0 Å². The molecule has 0 aliphatic carbocycles. The number of hydrogen-bond donors (Lipinski definition) is 5. The van der Waals surface area contributed by atoms with Crippen LogP contribution < -0.4 is 21.8 Å². The van der Waals surface area contributed by atoms with E-state index in [-0.39, 0.29) is 12.1 Å². The van der Waals surface area contributed by atoms with Gasteiger partial charge in [-0.15, -0.1) is 0 Å². The van der Waals surface area contributed by atoms with Crippen LogP contribution in [0.2, 0.25) is 0 Å². The number of alkyl halides is 3. The Morgan fingerprint density at radius 2 is 1.52 bits per heavy atom. The molecule has 33 heavy (non-hydrogen) atoms. The summed E-state index contributed by atoms with van der Waals surface area (Å²) in [4.78, 5) is 24.2. The fraction of sp³-hybridized carbons (Fsp3) is 0.304. The van der Waals surface area contributed by atoms with Gasteiger partial charge in [0.1, 0.15) is 6.04 Å². The summed E-state index contributed by atoms with van der Waals surface area (Å²) in [6.07, 6.45) is -4.25. The Balaban J connectivity index is 1.99. The number of carbonyl (C=O) groups is 2. The maximum Gasteiger partial charge on any atom is 0.401 e. The summed E-state index contributed by atoms with van der Waals surface area (Å²) in [6.45, 7) is 2.12. The highest BCUT2D eigenvalue weighted by Gasteiger charge is 2.33. The number of hydrogen-bond acceptors (Lipinski definition) is 5. The van der Waals surface area contributed by atoms with Gasteiger partial charge in [0.05, 0.1) is 6.54 Å². The molecule has 7 nitrogen and oxygen atoms in total. The van der Waals surface area contributed by atoms with Gasteiger partial charge in [-0.05, 0) is 55.8 Å². The molecule has 0 bridgehead atoms. The highest BCUT2D eigenvalue weighted by molar-refractivity contribution is 5.97. The molecule has 2 aromatic rings. The first kappa shape index (κ1) is 25.9. The number of rotatable bonds is 7. The Morgan fingerprint density at radius 1 is 1.00 bits per heavy atom. The van der Waals surface area contributed by atoms with E-state index in [2.05, 4.69) is 22.5 Å². The summed E-state index contributed by atoms with van der Waals surface area (Å²) < 4.78 is 36.5. The van der Waals surface area contributed by atoms with Crippen molar-refractivity contribution in [2.75, 3.05) is 6.54 Å². The molecule has 176 valence electrons. The van der Waals surface area contributed by atoms with Crippen molar-refractivity contribution >= 4 is 11.8 Å². The van der Waals surface area contributed by atoms with E-state index < -0.39 is 36.1 Å². The van der Waals surface area contributed by atoms with Crippen molar-refractivity contribution in [3.63, 3.8) is 0 Å². The first-order valence-corrected chi connectivity index (χ1v) is 9.91. The predicted molar refractivity (Wildman–Crippen MR) is 116 cm³/mol. The summed E-state index contributed by atoms with van der Waals surface area (Å²) in [5.41, 5.74) is 8.56. The van der Waals surface area contributed by atoms with E-state index in [1.165, 1.54) is 31.5 Å². The topological polar surface area (TPSA) is 116 Å². The molecule has 6 N–H and O–H groups in total. The van der Waals surface area contributed by atoms with E-state index in [9.17, 15) is 22.8 Å². The molecular weight excluding hydrogens is 437 g/mol. The fourth-order valence-electron chi connectivity index (χ4n) is 2.77. The zero-order chi connectivity index (χ0) is 24.6. The normalized spacial score (nSPS) is 12.3. The monoisotopic (exact) mass is 462 g/mol. The maximum absolute atomic E-state index is 12.4. The van der Waals surface area contributed by atoms with Gasteiger partial charge in [-0.1, -0.05) is 24.0 Å².